The molecule has 0 fully saturated rings. The fourth-order valence-electron chi connectivity index (χ4n) is 4.91. The molecule has 2 aliphatic heterocycles. The average Bonchev–Trinajstić information content (AvgIpc) is 3.48. The van der Waals surface area contributed by atoms with Crippen LogP contribution in [0.3, 0.4) is 0 Å². The molecule has 3 heterocycles. The number of hydrogen-bond acceptors (Lipinski definition) is 6. The van der Waals surface area contributed by atoms with Gasteiger partial charge in [0.15, 0.2) is 6.10 Å². The summed E-state index contributed by atoms with van der Waals surface area (Å²) in [6.07, 6.45) is -0.350. The molecule has 2 aliphatic rings. The zero-order valence-electron chi connectivity index (χ0n) is 19.3. The molecule has 0 amide bonds. The fourth-order valence-corrected chi connectivity index (χ4v) is 4.91. The molecular formula is C27H25N3O4. The highest BCUT2D eigenvalue weighted by molar-refractivity contribution is 5.80. The lowest BCUT2D eigenvalue weighted by molar-refractivity contribution is -0.147. The minimum Gasteiger partial charge on any atom is -0.489 e. The largest absolute Gasteiger partial charge is 0.489 e. The smallest absolute Gasteiger partial charge is 0.303 e. The van der Waals surface area contributed by atoms with Crippen LogP contribution in [0.2, 0.25) is 0 Å². The number of benzene rings is 3. The van der Waals surface area contributed by atoms with Gasteiger partial charge in [0.2, 0.25) is 0 Å². The van der Waals surface area contributed by atoms with Crippen molar-refractivity contribution >= 4 is 22.7 Å². The van der Waals surface area contributed by atoms with Gasteiger partial charge in [0.05, 0.1) is 22.8 Å². The predicted molar refractivity (Wildman–Crippen MR) is 129 cm³/mol. The number of carbonyl (C=O) groups excluding carboxylic acids is 1. The van der Waals surface area contributed by atoms with E-state index in [-0.39, 0.29) is 18.1 Å². The number of esters is 1. The van der Waals surface area contributed by atoms with Crippen molar-refractivity contribution in [2.24, 2.45) is 0 Å². The SMILES string of the molecule is CC(=O)O[C@@H]1COc2cc(NC3COc4c3cccc4-n3c(C)nc4cc(C)ccc43)ccc21. The van der Waals surface area contributed by atoms with Crippen LogP contribution in [-0.4, -0.2) is 28.7 Å². The number of ether oxygens (including phenoxy) is 3. The Morgan fingerprint density at radius 2 is 1.94 bits per heavy atom. The van der Waals surface area contributed by atoms with Crippen molar-refractivity contribution in [2.75, 3.05) is 18.5 Å². The maximum Gasteiger partial charge on any atom is 0.303 e. The molecule has 0 radical (unpaired) electrons. The molecule has 0 bridgehead atoms. The Balaban J connectivity index is 1.31. The Kier molecular flexibility index (Phi) is 4.72. The van der Waals surface area contributed by atoms with Gasteiger partial charge < -0.3 is 19.5 Å². The van der Waals surface area contributed by atoms with E-state index in [9.17, 15) is 4.79 Å². The lowest BCUT2D eigenvalue weighted by Gasteiger charge is -2.15. The van der Waals surface area contributed by atoms with Crippen molar-refractivity contribution < 1.29 is 19.0 Å². The van der Waals surface area contributed by atoms with Gasteiger partial charge in [0.1, 0.15) is 30.5 Å². The summed E-state index contributed by atoms with van der Waals surface area (Å²) in [4.78, 5) is 16.1. The van der Waals surface area contributed by atoms with Crippen LogP contribution in [0.4, 0.5) is 5.69 Å². The molecule has 4 aromatic rings. The highest BCUT2D eigenvalue weighted by Crippen LogP contribution is 2.42. The summed E-state index contributed by atoms with van der Waals surface area (Å²) >= 11 is 0. The van der Waals surface area contributed by atoms with Gasteiger partial charge in [0.25, 0.3) is 0 Å². The topological polar surface area (TPSA) is 74.6 Å². The number of fused-ring (bicyclic) bond motifs is 3. The number of para-hydroxylation sites is 1. The van der Waals surface area contributed by atoms with Gasteiger partial charge in [-0.2, -0.15) is 0 Å². The van der Waals surface area contributed by atoms with E-state index in [0.29, 0.717) is 13.2 Å². The van der Waals surface area contributed by atoms with Gasteiger partial charge in [-0.15, -0.1) is 0 Å². The van der Waals surface area contributed by atoms with E-state index in [0.717, 1.165) is 50.9 Å². The molecule has 7 nitrogen and oxygen atoms in total. The van der Waals surface area contributed by atoms with Crippen LogP contribution < -0.4 is 14.8 Å². The number of nitrogens with zero attached hydrogens (tertiary/aromatic N) is 2. The van der Waals surface area contributed by atoms with Gasteiger partial charge >= 0.3 is 5.97 Å². The van der Waals surface area contributed by atoms with E-state index in [2.05, 4.69) is 53.2 Å². The molecule has 172 valence electrons. The molecule has 0 saturated heterocycles. The van der Waals surface area contributed by atoms with E-state index in [4.69, 9.17) is 19.2 Å². The molecule has 1 aromatic heterocycles. The molecule has 34 heavy (non-hydrogen) atoms. The molecule has 1 N–H and O–H groups in total. The van der Waals surface area contributed by atoms with E-state index in [1.807, 2.05) is 25.1 Å². The summed E-state index contributed by atoms with van der Waals surface area (Å²) < 4.78 is 19.5. The minimum absolute atomic E-state index is 0.00370. The maximum absolute atomic E-state index is 11.3. The number of aromatic nitrogens is 2. The Labute approximate surface area is 197 Å². The minimum atomic E-state index is -0.350. The van der Waals surface area contributed by atoms with Gasteiger partial charge in [-0.05, 0) is 49.7 Å². The molecule has 0 saturated carbocycles. The van der Waals surface area contributed by atoms with Crippen molar-refractivity contribution in [1.29, 1.82) is 0 Å². The van der Waals surface area contributed by atoms with Crippen molar-refractivity contribution in [2.45, 2.75) is 32.9 Å². The number of anilines is 1. The first-order valence-electron chi connectivity index (χ1n) is 11.4. The lowest BCUT2D eigenvalue weighted by atomic mass is 10.1. The first-order valence-corrected chi connectivity index (χ1v) is 11.4. The third-order valence-electron chi connectivity index (χ3n) is 6.41. The Bertz CT molecular complexity index is 1440. The van der Waals surface area contributed by atoms with Crippen LogP contribution >= 0.6 is 0 Å². The van der Waals surface area contributed by atoms with Crippen LogP contribution in [-0.2, 0) is 9.53 Å². The second-order valence-electron chi connectivity index (χ2n) is 8.85. The summed E-state index contributed by atoms with van der Waals surface area (Å²) in [6.45, 7) is 6.37. The number of hydrogen-bond donors (Lipinski definition) is 1. The van der Waals surface area contributed by atoms with Gasteiger partial charge in [-0.3, -0.25) is 9.36 Å². The summed E-state index contributed by atoms with van der Waals surface area (Å²) in [6, 6.07) is 18.5. The van der Waals surface area contributed by atoms with Crippen LogP contribution in [0, 0.1) is 13.8 Å². The van der Waals surface area contributed by atoms with Crippen molar-refractivity contribution in [3.8, 4) is 17.2 Å². The van der Waals surface area contributed by atoms with E-state index in [1.165, 1.54) is 12.5 Å². The predicted octanol–water partition coefficient (Wildman–Crippen LogP) is 5.18. The number of imidazole rings is 1. The third kappa shape index (κ3) is 3.36. The molecule has 6 rings (SSSR count). The quantitative estimate of drug-likeness (QED) is 0.427. The first kappa shape index (κ1) is 20.6. The van der Waals surface area contributed by atoms with E-state index >= 15 is 0 Å². The van der Waals surface area contributed by atoms with Gasteiger partial charge in [-0.1, -0.05) is 18.2 Å². The number of carbonyl (C=O) groups is 1. The maximum atomic E-state index is 11.3. The number of aryl methyl sites for hydroxylation is 2. The average molecular weight is 456 g/mol. The van der Waals surface area contributed by atoms with Crippen molar-refractivity contribution in [1.82, 2.24) is 9.55 Å². The highest BCUT2D eigenvalue weighted by atomic mass is 16.6. The summed E-state index contributed by atoms with van der Waals surface area (Å²) in [5, 5.41) is 3.58. The second kappa shape index (κ2) is 7.80. The molecule has 3 aromatic carbocycles. The normalized spacial score (nSPS) is 18.2. The van der Waals surface area contributed by atoms with Crippen LogP contribution in [0.1, 0.15) is 41.6 Å². The zero-order chi connectivity index (χ0) is 23.4. The van der Waals surface area contributed by atoms with Gasteiger partial charge in [-0.25, -0.2) is 4.98 Å². The Hall–Kier alpha value is -4.00. The van der Waals surface area contributed by atoms with Crippen LogP contribution in [0.5, 0.6) is 11.5 Å². The zero-order valence-corrected chi connectivity index (χ0v) is 19.3. The Morgan fingerprint density at radius 1 is 1.06 bits per heavy atom. The number of rotatable bonds is 4. The first-order chi connectivity index (χ1) is 16.5. The molecular weight excluding hydrogens is 430 g/mol. The van der Waals surface area contributed by atoms with E-state index < -0.39 is 0 Å². The van der Waals surface area contributed by atoms with E-state index in [1.54, 1.807) is 0 Å². The second-order valence-corrected chi connectivity index (χ2v) is 8.85. The summed E-state index contributed by atoms with van der Waals surface area (Å²) in [7, 11) is 0. The standard InChI is InChI=1S/C27H25N3O4/c1-15-7-10-23-21(11-15)28-16(2)30(23)24-6-4-5-19-22(13-33-27(19)24)29-18-8-9-20-25(12-18)32-14-26(20)34-17(3)31/h4-12,22,26,29H,13-14H2,1-3H3/t22?,26-/m1/s1. The van der Waals surface area contributed by atoms with Crippen molar-refractivity contribution in [3.05, 3.63) is 77.1 Å². The monoisotopic (exact) mass is 455 g/mol. The fraction of sp³-hybridized carbons (Fsp3) is 0.259. The summed E-state index contributed by atoms with van der Waals surface area (Å²) in [5.41, 5.74) is 7.14. The number of nitrogens with one attached hydrogen (secondary N) is 1. The van der Waals surface area contributed by atoms with Crippen LogP contribution in [0.25, 0.3) is 16.7 Å². The highest BCUT2D eigenvalue weighted by Gasteiger charge is 2.30. The van der Waals surface area contributed by atoms with Gasteiger partial charge in [0, 0.05) is 29.8 Å². The molecule has 0 aliphatic carbocycles. The lowest BCUT2D eigenvalue weighted by Crippen LogP contribution is -2.12. The van der Waals surface area contributed by atoms with Crippen LogP contribution in [0.15, 0.2) is 54.6 Å². The summed E-state index contributed by atoms with van der Waals surface area (Å²) in [5.74, 6) is 2.22. The molecule has 1 unspecified atom stereocenters. The van der Waals surface area contributed by atoms with Crippen molar-refractivity contribution in [3.63, 3.8) is 0 Å². The molecule has 7 heteroatoms. The Morgan fingerprint density at radius 3 is 2.79 bits per heavy atom. The molecule has 2 atom stereocenters. The molecule has 0 spiro atoms. The third-order valence-corrected chi connectivity index (χ3v) is 6.41.